The standard InChI is InChI=1S/C15H21NO9/c1-5-11(20)16-12-14(25-9(4)19)13(24-8(3)18)10(23-7(2)17)6-22-15(12)21/h10,12-14H,5-6H2,1-4H3,(H,16,20)/t10-,12-,13+,14-/m1/s1. The van der Waals surface area contributed by atoms with E-state index < -0.39 is 60.7 Å². The number of hydrogen-bond donors (Lipinski definition) is 1. The van der Waals surface area contributed by atoms with Gasteiger partial charge in [0.1, 0.15) is 6.61 Å². The molecule has 1 fully saturated rings. The smallest absolute Gasteiger partial charge is 0.332 e. The minimum absolute atomic E-state index is 0.0577. The molecule has 1 aliphatic rings. The van der Waals surface area contributed by atoms with Crippen LogP contribution in [0.5, 0.6) is 0 Å². The van der Waals surface area contributed by atoms with Gasteiger partial charge in [-0.05, 0) is 0 Å². The zero-order valence-corrected chi connectivity index (χ0v) is 14.4. The van der Waals surface area contributed by atoms with Crippen molar-refractivity contribution in [2.75, 3.05) is 6.61 Å². The Morgan fingerprint density at radius 1 is 1.00 bits per heavy atom. The number of nitrogens with one attached hydrogen (secondary N) is 1. The van der Waals surface area contributed by atoms with Crippen molar-refractivity contribution in [3.8, 4) is 0 Å². The number of amides is 1. The molecule has 1 heterocycles. The number of carbonyl (C=O) groups excluding carboxylic acids is 5. The van der Waals surface area contributed by atoms with Crippen LogP contribution in [-0.4, -0.2) is 60.7 Å². The minimum Gasteiger partial charge on any atom is -0.460 e. The number of rotatable bonds is 5. The predicted molar refractivity (Wildman–Crippen MR) is 79.8 cm³/mol. The Hall–Kier alpha value is -2.65. The normalized spacial score (nSPS) is 25.8. The van der Waals surface area contributed by atoms with Crippen LogP contribution in [0.1, 0.15) is 34.1 Å². The molecule has 140 valence electrons. The number of ether oxygens (including phenoxy) is 4. The molecule has 0 bridgehead atoms. The molecule has 0 aliphatic carbocycles. The van der Waals surface area contributed by atoms with Crippen LogP contribution in [0, 0.1) is 0 Å². The largest absolute Gasteiger partial charge is 0.460 e. The van der Waals surface area contributed by atoms with Crippen molar-refractivity contribution in [3.63, 3.8) is 0 Å². The van der Waals surface area contributed by atoms with Gasteiger partial charge in [0.2, 0.25) is 5.91 Å². The molecule has 0 aromatic heterocycles. The second-order valence-corrected chi connectivity index (χ2v) is 5.32. The van der Waals surface area contributed by atoms with Crippen LogP contribution in [0.3, 0.4) is 0 Å². The molecule has 0 aromatic carbocycles. The first-order valence-electron chi connectivity index (χ1n) is 7.63. The second-order valence-electron chi connectivity index (χ2n) is 5.32. The van der Waals surface area contributed by atoms with Crippen LogP contribution in [0.2, 0.25) is 0 Å². The van der Waals surface area contributed by atoms with E-state index in [4.69, 9.17) is 18.9 Å². The van der Waals surface area contributed by atoms with Gasteiger partial charge < -0.3 is 24.3 Å². The van der Waals surface area contributed by atoms with Crippen molar-refractivity contribution in [2.45, 2.75) is 58.5 Å². The third-order valence-corrected chi connectivity index (χ3v) is 3.22. The van der Waals surface area contributed by atoms with Crippen LogP contribution in [0.4, 0.5) is 0 Å². The molecular weight excluding hydrogens is 338 g/mol. The van der Waals surface area contributed by atoms with Gasteiger partial charge in [0.25, 0.3) is 0 Å². The van der Waals surface area contributed by atoms with E-state index >= 15 is 0 Å². The van der Waals surface area contributed by atoms with Crippen LogP contribution >= 0.6 is 0 Å². The van der Waals surface area contributed by atoms with Crippen molar-refractivity contribution < 1.29 is 42.9 Å². The zero-order chi connectivity index (χ0) is 19.1. The fourth-order valence-electron chi connectivity index (χ4n) is 2.28. The van der Waals surface area contributed by atoms with E-state index in [9.17, 15) is 24.0 Å². The van der Waals surface area contributed by atoms with E-state index in [-0.39, 0.29) is 6.42 Å². The highest BCUT2D eigenvalue weighted by Crippen LogP contribution is 2.22. The zero-order valence-electron chi connectivity index (χ0n) is 14.4. The summed E-state index contributed by atoms with van der Waals surface area (Å²) in [4.78, 5) is 58.1. The van der Waals surface area contributed by atoms with Gasteiger partial charge in [-0.2, -0.15) is 0 Å². The first-order chi connectivity index (χ1) is 11.6. The van der Waals surface area contributed by atoms with E-state index in [1.165, 1.54) is 0 Å². The second kappa shape index (κ2) is 9.00. The van der Waals surface area contributed by atoms with Gasteiger partial charge in [-0.1, -0.05) is 6.92 Å². The van der Waals surface area contributed by atoms with Crippen molar-refractivity contribution in [3.05, 3.63) is 0 Å². The Morgan fingerprint density at radius 3 is 2.00 bits per heavy atom. The van der Waals surface area contributed by atoms with E-state index in [1.807, 2.05) is 0 Å². The molecule has 1 saturated heterocycles. The van der Waals surface area contributed by atoms with Gasteiger partial charge in [-0.25, -0.2) is 4.79 Å². The summed E-state index contributed by atoms with van der Waals surface area (Å²) in [7, 11) is 0. The molecule has 0 saturated carbocycles. The lowest BCUT2D eigenvalue weighted by Crippen LogP contribution is -2.56. The maximum Gasteiger partial charge on any atom is 0.332 e. The fourth-order valence-corrected chi connectivity index (χ4v) is 2.28. The van der Waals surface area contributed by atoms with Gasteiger partial charge in [0.05, 0.1) is 0 Å². The lowest BCUT2D eigenvalue weighted by atomic mass is 10.0. The lowest BCUT2D eigenvalue weighted by molar-refractivity contribution is -0.184. The van der Waals surface area contributed by atoms with Crippen LogP contribution in [0.15, 0.2) is 0 Å². The van der Waals surface area contributed by atoms with Crippen LogP contribution in [-0.2, 0) is 42.9 Å². The van der Waals surface area contributed by atoms with Crippen LogP contribution in [0.25, 0.3) is 0 Å². The van der Waals surface area contributed by atoms with Crippen molar-refractivity contribution in [1.82, 2.24) is 5.32 Å². The van der Waals surface area contributed by atoms with Crippen molar-refractivity contribution in [1.29, 1.82) is 0 Å². The van der Waals surface area contributed by atoms with Gasteiger partial charge in [0, 0.05) is 27.2 Å². The topological polar surface area (TPSA) is 134 Å². The maximum absolute atomic E-state index is 12.2. The molecule has 0 radical (unpaired) electrons. The van der Waals surface area contributed by atoms with E-state index in [0.717, 1.165) is 20.8 Å². The Kier molecular flexibility index (Phi) is 7.34. The monoisotopic (exact) mass is 359 g/mol. The summed E-state index contributed by atoms with van der Waals surface area (Å²) in [6, 6.07) is -1.42. The summed E-state index contributed by atoms with van der Waals surface area (Å²) in [5.74, 6) is -3.66. The molecular formula is C15H21NO9. The SMILES string of the molecule is CCC(=O)N[C@H]1C(=O)OC[C@@H](OC(C)=O)[C@H](OC(C)=O)[C@@H]1OC(C)=O. The molecule has 10 heteroatoms. The molecule has 0 aromatic rings. The first-order valence-corrected chi connectivity index (χ1v) is 7.63. The van der Waals surface area contributed by atoms with E-state index in [0.29, 0.717) is 0 Å². The first kappa shape index (κ1) is 20.4. The molecule has 1 N–H and O–H groups in total. The Balaban J connectivity index is 3.28. The number of carbonyl (C=O) groups is 5. The summed E-state index contributed by atoms with van der Waals surface area (Å²) >= 11 is 0. The van der Waals surface area contributed by atoms with Gasteiger partial charge in [-0.3, -0.25) is 19.2 Å². The Bertz CT molecular complexity index is 559. The summed E-state index contributed by atoms with van der Waals surface area (Å²) in [5.41, 5.74) is 0. The third kappa shape index (κ3) is 6.05. The molecule has 0 unspecified atom stereocenters. The van der Waals surface area contributed by atoms with Gasteiger partial charge in [-0.15, -0.1) is 0 Å². The van der Waals surface area contributed by atoms with E-state index in [2.05, 4.69) is 5.32 Å². The molecule has 4 atom stereocenters. The maximum atomic E-state index is 12.2. The van der Waals surface area contributed by atoms with Crippen LogP contribution < -0.4 is 5.32 Å². The van der Waals surface area contributed by atoms with E-state index in [1.54, 1.807) is 6.92 Å². The number of cyclic esters (lactones) is 1. The number of hydrogen-bond acceptors (Lipinski definition) is 9. The molecule has 1 aliphatic heterocycles. The molecule has 10 nitrogen and oxygen atoms in total. The predicted octanol–water partition coefficient (Wildman–Crippen LogP) is -0.767. The quantitative estimate of drug-likeness (QED) is 0.496. The summed E-state index contributed by atoms with van der Waals surface area (Å²) < 4.78 is 20.2. The molecule has 1 rings (SSSR count). The summed E-state index contributed by atoms with van der Waals surface area (Å²) in [5, 5.41) is 2.37. The molecule has 25 heavy (non-hydrogen) atoms. The molecule has 0 spiro atoms. The van der Waals surface area contributed by atoms with Gasteiger partial charge >= 0.3 is 23.9 Å². The van der Waals surface area contributed by atoms with Gasteiger partial charge in [0.15, 0.2) is 24.4 Å². The Morgan fingerprint density at radius 2 is 1.52 bits per heavy atom. The summed E-state index contributed by atoms with van der Waals surface area (Å²) in [6.45, 7) is 4.44. The Labute approximate surface area is 144 Å². The average molecular weight is 359 g/mol. The highest BCUT2D eigenvalue weighted by Gasteiger charge is 2.49. The highest BCUT2D eigenvalue weighted by molar-refractivity contribution is 5.85. The number of esters is 4. The summed E-state index contributed by atoms with van der Waals surface area (Å²) in [6.07, 6.45) is -3.89. The van der Waals surface area contributed by atoms with Crippen molar-refractivity contribution >= 4 is 29.8 Å². The molecule has 1 amide bonds. The third-order valence-electron chi connectivity index (χ3n) is 3.22. The van der Waals surface area contributed by atoms with Crippen molar-refractivity contribution in [2.24, 2.45) is 0 Å². The average Bonchev–Trinajstić information content (AvgIpc) is 2.60. The highest BCUT2D eigenvalue weighted by atomic mass is 16.6. The fraction of sp³-hybridized carbons (Fsp3) is 0.667. The minimum atomic E-state index is -1.42. The lowest BCUT2D eigenvalue weighted by Gasteiger charge is -2.31.